The van der Waals surface area contributed by atoms with Crippen LogP contribution in [0, 0.1) is 5.41 Å². The lowest BCUT2D eigenvalue weighted by atomic mass is 9.74. The Balaban J connectivity index is 3.07. The summed E-state index contributed by atoms with van der Waals surface area (Å²) in [7, 11) is 0. The van der Waals surface area contributed by atoms with Crippen LogP contribution in [0.25, 0.3) is 0 Å². The molecule has 15 heavy (non-hydrogen) atoms. The topological polar surface area (TPSA) is 37.3 Å². The molecule has 0 heterocycles. The van der Waals surface area contributed by atoms with E-state index in [0.717, 1.165) is 5.56 Å². The zero-order valence-electron chi connectivity index (χ0n) is 9.10. The van der Waals surface area contributed by atoms with Crippen LogP contribution in [0.2, 0.25) is 0 Å². The number of carboxylic acids is 1. The zero-order valence-corrected chi connectivity index (χ0v) is 9.10. The molecule has 0 radical (unpaired) electrons. The fourth-order valence-corrected chi connectivity index (χ4v) is 1.54. The fourth-order valence-electron chi connectivity index (χ4n) is 1.54. The minimum Gasteiger partial charge on any atom is -0.481 e. The van der Waals surface area contributed by atoms with E-state index in [0.29, 0.717) is 0 Å². The fraction of sp³-hybridized carbons (Fsp3) is 0.308. The van der Waals surface area contributed by atoms with E-state index in [-0.39, 0.29) is 5.92 Å². The van der Waals surface area contributed by atoms with Crippen LogP contribution in [-0.2, 0) is 4.79 Å². The number of hydrogen-bond acceptors (Lipinski definition) is 1. The largest absolute Gasteiger partial charge is 0.481 e. The summed E-state index contributed by atoms with van der Waals surface area (Å²) in [5, 5.41) is 9.19. The molecule has 0 bridgehead atoms. The van der Waals surface area contributed by atoms with Gasteiger partial charge in [-0.3, -0.25) is 4.79 Å². The molecule has 2 heteroatoms. The van der Waals surface area contributed by atoms with E-state index in [9.17, 15) is 9.90 Å². The van der Waals surface area contributed by atoms with E-state index < -0.39 is 11.4 Å². The molecule has 0 aliphatic carbocycles. The Kier molecular flexibility index (Phi) is 3.30. The van der Waals surface area contributed by atoms with Crippen LogP contribution in [0.1, 0.15) is 25.3 Å². The van der Waals surface area contributed by atoms with Gasteiger partial charge in [-0.2, -0.15) is 0 Å². The normalized spacial score (nSPS) is 16.4. The Bertz CT molecular complexity index is 356. The molecule has 2 atom stereocenters. The zero-order chi connectivity index (χ0) is 11.5. The Morgan fingerprint density at radius 2 is 2.00 bits per heavy atom. The second-order valence-corrected chi connectivity index (χ2v) is 3.92. The second kappa shape index (κ2) is 4.30. The van der Waals surface area contributed by atoms with Gasteiger partial charge >= 0.3 is 5.97 Å². The molecular weight excluding hydrogens is 188 g/mol. The van der Waals surface area contributed by atoms with Crippen molar-refractivity contribution in [2.75, 3.05) is 0 Å². The van der Waals surface area contributed by atoms with Gasteiger partial charge < -0.3 is 5.11 Å². The van der Waals surface area contributed by atoms with Crippen LogP contribution in [0.4, 0.5) is 0 Å². The van der Waals surface area contributed by atoms with Gasteiger partial charge in [-0.25, -0.2) is 0 Å². The summed E-state index contributed by atoms with van der Waals surface area (Å²) in [4.78, 5) is 11.2. The summed E-state index contributed by atoms with van der Waals surface area (Å²) in [5.41, 5.74) is 0.101. The maximum atomic E-state index is 11.2. The summed E-state index contributed by atoms with van der Waals surface area (Å²) in [6.07, 6.45) is 1.51. The van der Waals surface area contributed by atoms with Crippen LogP contribution in [-0.4, -0.2) is 11.1 Å². The Morgan fingerprint density at radius 3 is 2.40 bits per heavy atom. The molecule has 0 spiro atoms. The van der Waals surface area contributed by atoms with Crippen LogP contribution >= 0.6 is 0 Å². The third kappa shape index (κ3) is 2.09. The monoisotopic (exact) mass is 204 g/mol. The van der Waals surface area contributed by atoms with Gasteiger partial charge in [0.25, 0.3) is 0 Å². The van der Waals surface area contributed by atoms with Gasteiger partial charge in [-0.1, -0.05) is 43.3 Å². The molecular formula is C13H16O2. The first-order chi connectivity index (χ1) is 7.02. The molecule has 1 aromatic carbocycles. The van der Waals surface area contributed by atoms with E-state index in [1.165, 1.54) is 6.08 Å². The number of aliphatic carboxylic acids is 1. The number of benzene rings is 1. The highest BCUT2D eigenvalue weighted by molar-refractivity contribution is 5.77. The standard InChI is InChI=1S/C13H16O2/c1-4-13(3,12(14)15)10(2)11-8-6-5-7-9-11/h4-10H,1H2,2-3H3,(H,14,15)/t10-,13-/m1/s1. The third-order valence-corrected chi connectivity index (χ3v) is 3.08. The molecule has 0 saturated heterocycles. The van der Waals surface area contributed by atoms with Crippen LogP contribution in [0.15, 0.2) is 43.0 Å². The summed E-state index contributed by atoms with van der Waals surface area (Å²) >= 11 is 0. The van der Waals surface area contributed by atoms with Crippen molar-refractivity contribution in [3.63, 3.8) is 0 Å². The summed E-state index contributed by atoms with van der Waals surface area (Å²) in [6, 6.07) is 9.63. The van der Waals surface area contributed by atoms with Crippen LogP contribution in [0.5, 0.6) is 0 Å². The smallest absolute Gasteiger partial charge is 0.313 e. The first kappa shape index (κ1) is 11.5. The first-order valence-electron chi connectivity index (χ1n) is 4.94. The molecule has 0 aliphatic rings. The predicted octanol–water partition coefficient (Wildman–Crippen LogP) is 3.07. The van der Waals surface area contributed by atoms with Crippen molar-refractivity contribution in [1.29, 1.82) is 0 Å². The van der Waals surface area contributed by atoms with Gasteiger partial charge in [0.2, 0.25) is 0 Å². The van der Waals surface area contributed by atoms with Crippen molar-refractivity contribution < 1.29 is 9.90 Å². The van der Waals surface area contributed by atoms with Crippen LogP contribution < -0.4 is 0 Å². The van der Waals surface area contributed by atoms with E-state index in [1.54, 1.807) is 6.92 Å². The highest BCUT2D eigenvalue weighted by Gasteiger charge is 2.36. The molecule has 0 aromatic heterocycles. The minimum atomic E-state index is -0.915. The summed E-state index contributed by atoms with van der Waals surface area (Å²) < 4.78 is 0. The van der Waals surface area contributed by atoms with Crippen molar-refractivity contribution in [2.45, 2.75) is 19.8 Å². The second-order valence-electron chi connectivity index (χ2n) is 3.92. The highest BCUT2D eigenvalue weighted by atomic mass is 16.4. The summed E-state index contributed by atoms with van der Waals surface area (Å²) in [5.74, 6) is -0.928. The third-order valence-electron chi connectivity index (χ3n) is 3.08. The van der Waals surface area contributed by atoms with Gasteiger partial charge in [0.15, 0.2) is 0 Å². The lowest BCUT2D eigenvalue weighted by Gasteiger charge is -2.28. The Labute approximate surface area is 90.3 Å². The van der Waals surface area contributed by atoms with Gasteiger partial charge in [0.05, 0.1) is 5.41 Å². The quantitative estimate of drug-likeness (QED) is 0.765. The molecule has 0 fully saturated rings. The van der Waals surface area contributed by atoms with Crippen molar-refractivity contribution in [2.24, 2.45) is 5.41 Å². The van der Waals surface area contributed by atoms with E-state index in [2.05, 4.69) is 6.58 Å². The average molecular weight is 204 g/mol. The first-order valence-corrected chi connectivity index (χ1v) is 4.94. The highest BCUT2D eigenvalue weighted by Crippen LogP contribution is 2.36. The Morgan fingerprint density at radius 1 is 1.47 bits per heavy atom. The van der Waals surface area contributed by atoms with Gasteiger partial charge in [-0.15, -0.1) is 6.58 Å². The molecule has 0 saturated carbocycles. The molecule has 1 N–H and O–H groups in total. The van der Waals surface area contributed by atoms with E-state index >= 15 is 0 Å². The number of carboxylic acid groups (broad SMARTS) is 1. The number of hydrogen-bond donors (Lipinski definition) is 1. The molecule has 0 aliphatic heterocycles. The SMILES string of the molecule is C=C[C@@](C)(C(=O)O)[C@H](C)c1ccccc1. The van der Waals surface area contributed by atoms with Crippen molar-refractivity contribution in [1.82, 2.24) is 0 Å². The summed E-state index contributed by atoms with van der Waals surface area (Å²) in [6.45, 7) is 7.22. The molecule has 80 valence electrons. The van der Waals surface area contributed by atoms with Gasteiger partial charge in [0, 0.05) is 5.92 Å². The molecule has 0 unspecified atom stereocenters. The van der Waals surface area contributed by atoms with Gasteiger partial charge in [0.1, 0.15) is 0 Å². The van der Waals surface area contributed by atoms with E-state index in [1.807, 2.05) is 37.3 Å². The minimum absolute atomic E-state index is 0.0892. The van der Waals surface area contributed by atoms with E-state index in [4.69, 9.17) is 0 Å². The number of carbonyl (C=O) groups is 1. The molecule has 0 amide bonds. The van der Waals surface area contributed by atoms with Gasteiger partial charge in [-0.05, 0) is 12.5 Å². The van der Waals surface area contributed by atoms with Crippen molar-refractivity contribution >= 4 is 5.97 Å². The van der Waals surface area contributed by atoms with Crippen LogP contribution in [0.3, 0.4) is 0 Å². The molecule has 1 aromatic rings. The maximum absolute atomic E-state index is 11.2. The molecule has 1 rings (SSSR count). The maximum Gasteiger partial charge on any atom is 0.313 e. The average Bonchev–Trinajstić information content (AvgIpc) is 2.28. The number of rotatable bonds is 4. The van der Waals surface area contributed by atoms with Crippen molar-refractivity contribution in [3.8, 4) is 0 Å². The lowest BCUT2D eigenvalue weighted by molar-refractivity contribution is -0.146. The molecule has 2 nitrogen and oxygen atoms in total. The van der Waals surface area contributed by atoms with Crippen molar-refractivity contribution in [3.05, 3.63) is 48.6 Å². The predicted molar refractivity (Wildman–Crippen MR) is 60.8 cm³/mol. The Hall–Kier alpha value is -1.57. The lowest BCUT2D eigenvalue weighted by Crippen LogP contribution is -2.30.